The quantitative estimate of drug-likeness (QED) is 0.665. The Balaban J connectivity index is 2.29. The molecule has 3 unspecified atom stereocenters. The van der Waals surface area contributed by atoms with Crippen molar-refractivity contribution in [2.24, 2.45) is 5.92 Å². The van der Waals surface area contributed by atoms with Gasteiger partial charge in [0.15, 0.2) is 5.78 Å². The number of amides is 1. The number of hydrogen-bond acceptors (Lipinski definition) is 5. The van der Waals surface area contributed by atoms with E-state index in [9.17, 15) is 27.9 Å². The van der Waals surface area contributed by atoms with Crippen LogP contribution in [0.2, 0.25) is 0 Å². The van der Waals surface area contributed by atoms with Crippen molar-refractivity contribution in [1.82, 2.24) is 4.90 Å². The highest BCUT2D eigenvalue weighted by molar-refractivity contribution is 6.07. The first-order valence-corrected chi connectivity index (χ1v) is 10.5. The summed E-state index contributed by atoms with van der Waals surface area (Å²) in [5.74, 6) is -3.08. The van der Waals surface area contributed by atoms with Gasteiger partial charge in [0.05, 0.1) is 23.1 Å². The van der Waals surface area contributed by atoms with Crippen molar-refractivity contribution in [2.75, 3.05) is 19.0 Å². The number of carbonyl (C=O) groups is 2. The van der Waals surface area contributed by atoms with Crippen LogP contribution in [0.3, 0.4) is 0 Å². The molecule has 0 fully saturated rings. The molecule has 1 aliphatic rings. The van der Waals surface area contributed by atoms with Crippen molar-refractivity contribution in [3.05, 3.63) is 76.5 Å². The van der Waals surface area contributed by atoms with Gasteiger partial charge in [-0.05, 0) is 63.8 Å². The van der Waals surface area contributed by atoms with Crippen molar-refractivity contribution in [2.45, 2.75) is 32.2 Å². The van der Waals surface area contributed by atoms with E-state index in [1.54, 1.807) is 38.4 Å². The van der Waals surface area contributed by atoms with Crippen LogP contribution in [0, 0.1) is 17.2 Å². The molecule has 1 heterocycles. The van der Waals surface area contributed by atoms with Crippen LogP contribution in [0.15, 0.2) is 59.8 Å². The largest absolute Gasteiger partial charge is 0.416 e. The lowest BCUT2D eigenvalue weighted by Gasteiger charge is -2.43. The van der Waals surface area contributed by atoms with Crippen LogP contribution in [0.25, 0.3) is 0 Å². The van der Waals surface area contributed by atoms with Crippen LogP contribution in [-0.2, 0) is 15.8 Å². The average molecular weight is 471 g/mol. The molecule has 1 N–H and O–H groups in total. The van der Waals surface area contributed by atoms with Crippen LogP contribution in [-0.4, -0.2) is 42.0 Å². The van der Waals surface area contributed by atoms with Gasteiger partial charge in [0.2, 0.25) is 5.91 Å². The lowest BCUT2D eigenvalue weighted by Crippen LogP contribution is -2.52. The summed E-state index contributed by atoms with van der Waals surface area (Å²) in [6.07, 6.45) is -5.97. The third-order valence-corrected chi connectivity index (χ3v) is 5.96. The Bertz CT molecular complexity index is 1180. The van der Waals surface area contributed by atoms with Gasteiger partial charge in [-0.25, -0.2) is 0 Å². The van der Waals surface area contributed by atoms with Crippen LogP contribution < -0.4 is 4.90 Å². The second-order valence-corrected chi connectivity index (χ2v) is 8.39. The summed E-state index contributed by atoms with van der Waals surface area (Å²) in [6.45, 7) is 2.82. The van der Waals surface area contributed by atoms with Crippen LogP contribution in [0.1, 0.15) is 36.5 Å². The molecular formula is C25H24F3N3O3. The minimum absolute atomic E-state index is 0.0506. The maximum atomic E-state index is 13.8. The Labute approximate surface area is 195 Å². The number of ketones is 1. The number of allylic oxidation sites excluding steroid dienone is 2. The molecule has 9 heteroatoms. The minimum atomic E-state index is -4.62. The number of anilines is 1. The lowest BCUT2D eigenvalue weighted by molar-refractivity contribution is -0.138. The molecule has 0 bridgehead atoms. The molecule has 1 aliphatic heterocycles. The number of nitrogens with zero attached hydrogens (tertiary/aromatic N) is 3. The molecule has 2 aromatic rings. The molecule has 0 aromatic heterocycles. The normalized spacial score (nSPS) is 19.9. The molecule has 34 heavy (non-hydrogen) atoms. The van der Waals surface area contributed by atoms with Crippen molar-refractivity contribution in [1.29, 1.82) is 5.26 Å². The highest BCUT2D eigenvalue weighted by atomic mass is 19.4. The van der Waals surface area contributed by atoms with Crippen molar-refractivity contribution >= 4 is 17.4 Å². The predicted octanol–water partition coefficient (Wildman–Crippen LogP) is 4.07. The Morgan fingerprint density at radius 3 is 2.29 bits per heavy atom. The molecule has 2 aromatic carbocycles. The van der Waals surface area contributed by atoms with Gasteiger partial charge in [-0.1, -0.05) is 18.2 Å². The number of benzene rings is 2. The molecular weight excluding hydrogens is 447 g/mol. The fraction of sp³-hybridized carbons (Fsp3) is 0.320. The predicted molar refractivity (Wildman–Crippen MR) is 119 cm³/mol. The first-order chi connectivity index (χ1) is 15.9. The molecule has 6 nitrogen and oxygen atoms in total. The number of Topliss-reactive ketones (excluding diaryl/α,β-unsaturated/α-hetero) is 1. The molecule has 0 aliphatic carbocycles. The molecule has 0 saturated carbocycles. The number of alkyl halides is 3. The molecule has 1 amide bonds. The molecule has 0 spiro atoms. The summed E-state index contributed by atoms with van der Waals surface area (Å²) in [6, 6.07) is 12.6. The monoisotopic (exact) mass is 471 g/mol. The van der Waals surface area contributed by atoms with E-state index in [0.29, 0.717) is 11.1 Å². The van der Waals surface area contributed by atoms with E-state index in [-0.39, 0.29) is 22.7 Å². The van der Waals surface area contributed by atoms with Crippen molar-refractivity contribution < 1.29 is 27.9 Å². The summed E-state index contributed by atoms with van der Waals surface area (Å²) in [5, 5.41) is 20.1. The van der Waals surface area contributed by atoms with E-state index in [4.69, 9.17) is 5.26 Å². The second kappa shape index (κ2) is 9.41. The van der Waals surface area contributed by atoms with Gasteiger partial charge >= 0.3 is 6.18 Å². The Morgan fingerprint density at radius 2 is 1.79 bits per heavy atom. The highest BCUT2D eigenvalue weighted by Crippen LogP contribution is 2.44. The number of aliphatic hydroxyl groups excluding tert-OH is 1. The third kappa shape index (κ3) is 4.60. The van der Waals surface area contributed by atoms with Gasteiger partial charge < -0.3 is 5.11 Å². The fourth-order valence-electron chi connectivity index (χ4n) is 4.36. The Hall–Kier alpha value is -3.48. The summed E-state index contributed by atoms with van der Waals surface area (Å²) >= 11 is 0. The van der Waals surface area contributed by atoms with Gasteiger partial charge in [-0.2, -0.15) is 18.4 Å². The fourth-order valence-corrected chi connectivity index (χ4v) is 4.36. The van der Waals surface area contributed by atoms with Gasteiger partial charge in [-0.3, -0.25) is 19.4 Å². The Kier molecular flexibility index (Phi) is 6.96. The number of aliphatic hydroxyl groups is 1. The van der Waals surface area contributed by atoms with E-state index in [1.807, 2.05) is 6.07 Å². The number of carbonyl (C=O) groups excluding carboxylic acids is 2. The SMILES string of the molecule is CC(=O)C1=C(C)N(c2cccc(C(F)(F)F)c2)C(=O)C(C(O)N(C)C)C1c1ccc(C#N)cc1. The third-order valence-electron chi connectivity index (χ3n) is 5.96. The van der Waals surface area contributed by atoms with Crippen LogP contribution in [0.5, 0.6) is 0 Å². The zero-order valence-corrected chi connectivity index (χ0v) is 19.1. The number of hydrogen-bond donors (Lipinski definition) is 1. The standard InChI is InChI=1S/C25H24F3N3O3/c1-14-20(15(2)32)21(17-10-8-16(13-29)9-11-17)22(23(33)30(3)4)24(34)31(14)19-7-5-6-18(12-19)25(26,27)28/h5-12,21-23,33H,1-4H3. The van der Waals surface area contributed by atoms with Crippen LogP contribution >= 0.6 is 0 Å². The topological polar surface area (TPSA) is 84.6 Å². The summed E-state index contributed by atoms with van der Waals surface area (Å²) in [7, 11) is 3.11. The number of nitriles is 1. The maximum absolute atomic E-state index is 13.8. The second-order valence-electron chi connectivity index (χ2n) is 8.39. The molecule has 0 radical (unpaired) electrons. The van der Waals surface area contributed by atoms with E-state index in [0.717, 1.165) is 17.0 Å². The van der Waals surface area contributed by atoms with E-state index in [2.05, 4.69) is 0 Å². The minimum Gasteiger partial charge on any atom is -0.378 e. The summed E-state index contributed by atoms with van der Waals surface area (Å²) in [5.41, 5.74) is 0.318. The molecule has 178 valence electrons. The van der Waals surface area contributed by atoms with Crippen LogP contribution in [0.4, 0.5) is 18.9 Å². The summed E-state index contributed by atoms with van der Waals surface area (Å²) < 4.78 is 40.1. The highest BCUT2D eigenvalue weighted by Gasteiger charge is 2.47. The summed E-state index contributed by atoms with van der Waals surface area (Å²) in [4.78, 5) is 29.1. The zero-order chi connectivity index (χ0) is 25.4. The molecule has 3 rings (SSSR count). The van der Waals surface area contributed by atoms with Gasteiger partial charge in [0.25, 0.3) is 0 Å². The van der Waals surface area contributed by atoms with E-state index < -0.39 is 35.7 Å². The first kappa shape index (κ1) is 25.1. The van der Waals surface area contributed by atoms with E-state index in [1.165, 1.54) is 30.9 Å². The van der Waals surface area contributed by atoms with Gasteiger partial charge in [0.1, 0.15) is 6.23 Å². The Morgan fingerprint density at radius 1 is 1.18 bits per heavy atom. The number of rotatable bonds is 5. The van der Waals surface area contributed by atoms with Crippen molar-refractivity contribution in [3.63, 3.8) is 0 Å². The van der Waals surface area contributed by atoms with Crippen molar-refractivity contribution in [3.8, 4) is 6.07 Å². The maximum Gasteiger partial charge on any atom is 0.416 e. The zero-order valence-electron chi connectivity index (χ0n) is 19.1. The van der Waals surface area contributed by atoms with E-state index >= 15 is 0 Å². The molecule has 3 atom stereocenters. The lowest BCUT2D eigenvalue weighted by atomic mass is 9.73. The van der Waals surface area contributed by atoms with Gasteiger partial charge in [-0.15, -0.1) is 0 Å². The average Bonchev–Trinajstić information content (AvgIpc) is 2.77. The van der Waals surface area contributed by atoms with Gasteiger partial charge in [0, 0.05) is 22.9 Å². The molecule has 0 saturated heterocycles. The first-order valence-electron chi connectivity index (χ1n) is 10.5. The smallest absolute Gasteiger partial charge is 0.378 e. The number of halogens is 3.